The van der Waals surface area contributed by atoms with E-state index in [2.05, 4.69) is 65.5 Å². The molecular formula is C27H31N5OS. The Morgan fingerprint density at radius 1 is 0.941 bits per heavy atom. The number of hydrogen-bond donors (Lipinski definition) is 1. The predicted octanol–water partition coefficient (Wildman–Crippen LogP) is 5.87. The summed E-state index contributed by atoms with van der Waals surface area (Å²) in [6.07, 6.45) is 0. The van der Waals surface area contributed by atoms with Crippen molar-refractivity contribution in [2.45, 2.75) is 20.8 Å². The smallest absolute Gasteiger partial charge is 0.143 e. The number of nitrogens with zero attached hydrogens (tertiary/aromatic N) is 4. The van der Waals surface area contributed by atoms with Crippen LogP contribution in [0.4, 0.5) is 17.2 Å². The molecular weight excluding hydrogens is 442 g/mol. The zero-order chi connectivity index (χ0) is 23.7. The minimum Gasteiger partial charge on any atom is -0.494 e. The first-order valence-corrected chi connectivity index (χ1v) is 12.6. The Hall–Kier alpha value is -3.16. The van der Waals surface area contributed by atoms with Crippen molar-refractivity contribution in [3.63, 3.8) is 0 Å². The highest BCUT2D eigenvalue weighted by Crippen LogP contribution is 2.41. The van der Waals surface area contributed by atoms with Crippen molar-refractivity contribution < 1.29 is 4.74 Å². The molecule has 0 aliphatic carbocycles. The fraction of sp³-hybridized carbons (Fsp3) is 0.333. The van der Waals surface area contributed by atoms with Gasteiger partial charge in [-0.15, -0.1) is 11.3 Å². The maximum Gasteiger partial charge on any atom is 0.143 e. The minimum absolute atomic E-state index is 0.661. The lowest BCUT2D eigenvalue weighted by atomic mass is 10.0. The molecule has 0 bridgehead atoms. The fourth-order valence-electron chi connectivity index (χ4n) is 4.50. The second-order valence-corrected chi connectivity index (χ2v) is 9.96. The summed E-state index contributed by atoms with van der Waals surface area (Å²) in [5.41, 5.74) is 4.62. The van der Waals surface area contributed by atoms with Crippen LogP contribution in [0.15, 0.2) is 48.5 Å². The van der Waals surface area contributed by atoms with E-state index in [9.17, 15) is 0 Å². The molecule has 5 rings (SSSR count). The van der Waals surface area contributed by atoms with Crippen molar-refractivity contribution in [3.8, 4) is 16.9 Å². The summed E-state index contributed by atoms with van der Waals surface area (Å²) in [4.78, 5) is 16.6. The van der Waals surface area contributed by atoms with E-state index in [1.807, 2.05) is 26.0 Å². The molecule has 1 saturated heterocycles. The molecule has 1 aliphatic heterocycles. The van der Waals surface area contributed by atoms with Crippen molar-refractivity contribution in [1.82, 2.24) is 14.9 Å². The molecule has 2 aromatic heterocycles. The van der Waals surface area contributed by atoms with E-state index in [0.717, 1.165) is 65.0 Å². The Balaban J connectivity index is 1.47. The summed E-state index contributed by atoms with van der Waals surface area (Å²) >= 11 is 1.72. The van der Waals surface area contributed by atoms with Crippen LogP contribution in [0.2, 0.25) is 0 Å². The zero-order valence-electron chi connectivity index (χ0n) is 20.3. The average Bonchev–Trinajstić information content (AvgIpc) is 3.16. The van der Waals surface area contributed by atoms with E-state index in [1.54, 1.807) is 11.3 Å². The quantitative estimate of drug-likeness (QED) is 0.378. The van der Waals surface area contributed by atoms with Gasteiger partial charge in [-0.1, -0.05) is 12.1 Å². The third kappa shape index (κ3) is 4.58. The van der Waals surface area contributed by atoms with E-state index >= 15 is 0 Å². The molecule has 0 atom stereocenters. The molecule has 4 aromatic rings. The second-order valence-electron chi connectivity index (χ2n) is 8.75. The van der Waals surface area contributed by atoms with Crippen LogP contribution in [-0.4, -0.2) is 54.7 Å². The molecule has 3 heterocycles. The van der Waals surface area contributed by atoms with Gasteiger partial charge in [-0.3, -0.25) is 0 Å². The Labute approximate surface area is 205 Å². The van der Waals surface area contributed by atoms with Gasteiger partial charge < -0.3 is 19.9 Å². The summed E-state index contributed by atoms with van der Waals surface area (Å²) in [7, 11) is 2.18. The lowest BCUT2D eigenvalue weighted by Crippen LogP contribution is -2.44. The lowest BCUT2D eigenvalue weighted by molar-refractivity contribution is 0.313. The van der Waals surface area contributed by atoms with Crippen LogP contribution in [0.5, 0.6) is 5.75 Å². The van der Waals surface area contributed by atoms with Gasteiger partial charge >= 0.3 is 0 Å². The summed E-state index contributed by atoms with van der Waals surface area (Å²) in [5.74, 6) is 2.50. The molecule has 1 N–H and O–H groups in total. The number of aryl methyl sites for hydroxylation is 2. The lowest BCUT2D eigenvalue weighted by Gasteiger charge is -2.34. The Morgan fingerprint density at radius 3 is 2.32 bits per heavy atom. The summed E-state index contributed by atoms with van der Waals surface area (Å²) in [6, 6.07) is 17.0. The Kier molecular flexibility index (Phi) is 6.39. The van der Waals surface area contributed by atoms with Crippen LogP contribution in [0.25, 0.3) is 21.3 Å². The highest BCUT2D eigenvalue weighted by Gasteiger charge is 2.19. The van der Waals surface area contributed by atoms with Gasteiger partial charge in [-0.2, -0.15) is 0 Å². The van der Waals surface area contributed by atoms with Gasteiger partial charge in [0.2, 0.25) is 0 Å². The third-order valence-corrected chi connectivity index (χ3v) is 7.29. The van der Waals surface area contributed by atoms with Crippen LogP contribution < -0.4 is 15.0 Å². The highest BCUT2D eigenvalue weighted by molar-refractivity contribution is 7.19. The molecule has 1 aliphatic rings. The fourth-order valence-corrected chi connectivity index (χ4v) is 5.59. The highest BCUT2D eigenvalue weighted by atomic mass is 32.1. The number of anilines is 3. The monoisotopic (exact) mass is 473 g/mol. The molecule has 7 heteroatoms. The maximum atomic E-state index is 5.63. The van der Waals surface area contributed by atoms with E-state index in [-0.39, 0.29) is 0 Å². The van der Waals surface area contributed by atoms with Gasteiger partial charge in [0.25, 0.3) is 0 Å². The van der Waals surface area contributed by atoms with Gasteiger partial charge in [-0.05, 0) is 69.8 Å². The number of thiophene rings is 1. The predicted molar refractivity (Wildman–Crippen MR) is 143 cm³/mol. The molecule has 34 heavy (non-hydrogen) atoms. The Morgan fingerprint density at radius 2 is 1.65 bits per heavy atom. The number of fused-ring (bicyclic) bond motifs is 1. The molecule has 6 nitrogen and oxygen atoms in total. The SMILES string of the molecule is CCOc1ccc(-c2c(C)sc3nc(C)nc(Nc4ccc(N5CCN(C)CC5)cc4)c23)cc1. The van der Waals surface area contributed by atoms with Gasteiger partial charge in [0.15, 0.2) is 0 Å². The van der Waals surface area contributed by atoms with Gasteiger partial charge in [0.05, 0.1) is 12.0 Å². The van der Waals surface area contributed by atoms with Crippen LogP contribution >= 0.6 is 11.3 Å². The molecule has 0 spiro atoms. The number of hydrogen-bond acceptors (Lipinski definition) is 7. The van der Waals surface area contributed by atoms with Crippen molar-refractivity contribution in [2.24, 2.45) is 0 Å². The third-order valence-electron chi connectivity index (χ3n) is 6.29. The molecule has 0 unspecified atom stereocenters. The first kappa shape index (κ1) is 22.6. The van der Waals surface area contributed by atoms with E-state index in [0.29, 0.717) is 6.61 Å². The van der Waals surface area contributed by atoms with Crippen LogP contribution in [0.3, 0.4) is 0 Å². The van der Waals surface area contributed by atoms with E-state index in [4.69, 9.17) is 14.7 Å². The number of piperazine rings is 1. The van der Waals surface area contributed by atoms with Gasteiger partial charge in [0.1, 0.15) is 22.2 Å². The molecule has 1 fully saturated rings. The number of rotatable bonds is 6. The molecule has 2 aromatic carbocycles. The molecule has 0 saturated carbocycles. The van der Waals surface area contributed by atoms with Gasteiger partial charge in [-0.25, -0.2) is 9.97 Å². The van der Waals surface area contributed by atoms with Gasteiger partial charge in [0, 0.05) is 48.0 Å². The molecule has 0 amide bonds. The maximum absolute atomic E-state index is 5.63. The number of ether oxygens (including phenoxy) is 1. The largest absolute Gasteiger partial charge is 0.494 e. The average molecular weight is 474 g/mol. The zero-order valence-corrected chi connectivity index (χ0v) is 21.1. The standard InChI is InChI=1S/C27H31N5OS/c1-5-33-23-12-6-20(7-13-23)24-18(2)34-27-25(24)26(28-19(3)29-27)30-21-8-10-22(11-9-21)32-16-14-31(4)15-17-32/h6-13H,5,14-17H2,1-4H3,(H,28,29,30). The number of nitrogens with one attached hydrogen (secondary N) is 1. The van der Waals surface area contributed by atoms with Crippen molar-refractivity contribution in [1.29, 1.82) is 0 Å². The first-order valence-electron chi connectivity index (χ1n) is 11.8. The van der Waals surface area contributed by atoms with Crippen molar-refractivity contribution in [3.05, 3.63) is 59.2 Å². The molecule has 176 valence electrons. The van der Waals surface area contributed by atoms with E-state index in [1.165, 1.54) is 16.1 Å². The van der Waals surface area contributed by atoms with Crippen LogP contribution in [-0.2, 0) is 0 Å². The topological polar surface area (TPSA) is 53.5 Å². The Bertz CT molecular complexity index is 1280. The minimum atomic E-state index is 0.661. The normalized spacial score (nSPS) is 14.5. The summed E-state index contributed by atoms with van der Waals surface area (Å²) in [6.45, 7) is 11.1. The van der Waals surface area contributed by atoms with E-state index < -0.39 is 0 Å². The number of benzene rings is 2. The van der Waals surface area contributed by atoms with Crippen LogP contribution in [0.1, 0.15) is 17.6 Å². The number of aromatic nitrogens is 2. The second kappa shape index (κ2) is 9.60. The summed E-state index contributed by atoms with van der Waals surface area (Å²) < 4.78 is 5.63. The van der Waals surface area contributed by atoms with Crippen molar-refractivity contribution in [2.75, 3.05) is 50.1 Å². The number of likely N-dealkylation sites (N-methyl/N-ethyl adjacent to an activating group) is 1. The first-order chi connectivity index (χ1) is 16.5. The molecule has 0 radical (unpaired) electrons. The van der Waals surface area contributed by atoms with Crippen LogP contribution in [0, 0.1) is 13.8 Å². The summed E-state index contributed by atoms with van der Waals surface area (Å²) in [5, 5.41) is 4.65. The van der Waals surface area contributed by atoms with Crippen molar-refractivity contribution >= 4 is 38.7 Å².